The normalized spacial score (nSPS) is 10.4. The summed E-state index contributed by atoms with van der Waals surface area (Å²) >= 11 is 0. The summed E-state index contributed by atoms with van der Waals surface area (Å²) in [7, 11) is 0. The lowest BCUT2D eigenvalue weighted by Crippen LogP contribution is -1.98. The van der Waals surface area contributed by atoms with Gasteiger partial charge < -0.3 is 5.73 Å². The van der Waals surface area contributed by atoms with Gasteiger partial charge in [0.2, 0.25) is 0 Å². The molecule has 0 aliphatic carbocycles. The number of rotatable bonds is 2. The average Bonchev–Trinajstić information content (AvgIpc) is 3.08. The minimum atomic E-state index is -0.592. The largest absolute Gasteiger partial charge is 0.384 e. The molecule has 0 atom stereocenters. The molecule has 3 aromatic heterocycles. The molecule has 27 heavy (non-hydrogen) atoms. The first-order valence-electron chi connectivity index (χ1n) is 7.97. The number of fused-ring (bicyclic) bond motifs is 1. The van der Waals surface area contributed by atoms with Crippen molar-refractivity contribution in [3.63, 3.8) is 0 Å². The Kier molecular flexibility index (Phi) is 4.07. The van der Waals surface area contributed by atoms with E-state index >= 15 is 0 Å². The molecule has 130 valence electrons. The third-order valence-electron chi connectivity index (χ3n) is 3.90. The van der Waals surface area contributed by atoms with Crippen LogP contribution in [0.15, 0.2) is 54.9 Å². The Morgan fingerprint density at radius 2 is 1.96 bits per heavy atom. The lowest BCUT2D eigenvalue weighted by molar-refractivity contribution is 0.112. The number of halogens is 1. The average molecular weight is 357 g/mol. The van der Waals surface area contributed by atoms with Crippen LogP contribution in [0.2, 0.25) is 0 Å². The van der Waals surface area contributed by atoms with Crippen LogP contribution in [0.1, 0.15) is 21.6 Å². The molecule has 0 saturated carbocycles. The number of benzene rings is 1. The molecule has 0 spiro atoms. The second kappa shape index (κ2) is 6.69. The van der Waals surface area contributed by atoms with E-state index in [9.17, 15) is 9.18 Å². The number of carbonyl (C=O) groups excluding carboxylic acids is 1. The van der Waals surface area contributed by atoms with E-state index in [1.165, 1.54) is 12.1 Å². The van der Waals surface area contributed by atoms with Crippen LogP contribution in [-0.4, -0.2) is 25.9 Å². The highest BCUT2D eigenvalue weighted by molar-refractivity contribution is 5.77. The van der Waals surface area contributed by atoms with Crippen LogP contribution in [0.3, 0.4) is 0 Å². The van der Waals surface area contributed by atoms with Gasteiger partial charge in [0, 0.05) is 17.3 Å². The summed E-state index contributed by atoms with van der Waals surface area (Å²) in [6.07, 6.45) is 3.67. The number of nitrogen functional groups attached to an aromatic ring is 1. The fraction of sp³-hybridized carbons (Fsp3) is 0. The summed E-state index contributed by atoms with van der Waals surface area (Å²) in [5, 5.41) is 4.49. The smallest absolute Gasteiger partial charge is 0.154 e. The van der Waals surface area contributed by atoms with Gasteiger partial charge in [0.1, 0.15) is 17.3 Å². The molecule has 1 aromatic carbocycles. The van der Waals surface area contributed by atoms with Gasteiger partial charge >= 0.3 is 0 Å². The number of aromatic nitrogens is 4. The fourth-order valence-corrected chi connectivity index (χ4v) is 2.56. The van der Waals surface area contributed by atoms with Crippen LogP contribution in [0.25, 0.3) is 16.9 Å². The van der Waals surface area contributed by atoms with Gasteiger partial charge in [-0.05, 0) is 42.3 Å². The molecule has 0 radical (unpaired) electrons. The van der Waals surface area contributed by atoms with E-state index in [0.717, 1.165) is 5.56 Å². The quantitative estimate of drug-likeness (QED) is 0.440. The summed E-state index contributed by atoms with van der Waals surface area (Å²) in [6.45, 7) is 0. The van der Waals surface area contributed by atoms with Crippen molar-refractivity contribution in [2.75, 3.05) is 5.73 Å². The minimum Gasteiger partial charge on any atom is -0.384 e. The zero-order valence-electron chi connectivity index (χ0n) is 13.9. The fourth-order valence-electron chi connectivity index (χ4n) is 2.56. The van der Waals surface area contributed by atoms with E-state index < -0.39 is 5.82 Å². The molecule has 0 bridgehead atoms. The number of nitrogens with two attached hydrogens (primary N) is 1. The monoisotopic (exact) mass is 357 g/mol. The second-order valence-electron chi connectivity index (χ2n) is 5.71. The predicted molar refractivity (Wildman–Crippen MR) is 98.4 cm³/mol. The number of aldehydes is 1. The lowest BCUT2D eigenvalue weighted by Gasteiger charge is -2.03. The number of hydrogen-bond acceptors (Lipinski definition) is 5. The highest BCUT2D eigenvalue weighted by Crippen LogP contribution is 2.20. The number of imidazole rings is 1. The second-order valence-corrected chi connectivity index (χ2v) is 5.71. The lowest BCUT2D eigenvalue weighted by atomic mass is 10.1. The first-order valence-corrected chi connectivity index (χ1v) is 7.97. The van der Waals surface area contributed by atoms with Crippen molar-refractivity contribution >= 4 is 17.8 Å². The maximum absolute atomic E-state index is 13.9. The summed E-state index contributed by atoms with van der Waals surface area (Å²) in [4.78, 5) is 19.0. The van der Waals surface area contributed by atoms with Crippen molar-refractivity contribution in [1.29, 1.82) is 0 Å². The molecular weight excluding hydrogens is 345 g/mol. The molecule has 4 aromatic rings. The minimum absolute atomic E-state index is 0.00522. The Morgan fingerprint density at radius 3 is 2.74 bits per heavy atom. The van der Waals surface area contributed by atoms with Crippen molar-refractivity contribution in [3.05, 3.63) is 77.5 Å². The van der Waals surface area contributed by atoms with Gasteiger partial charge in [0.05, 0.1) is 17.5 Å². The molecule has 4 rings (SSSR count). The van der Waals surface area contributed by atoms with Crippen molar-refractivity contribution in [1.82, 2.24) is 19.6 Å². The zero-order valence-corrected chi connectivity index (χ0v) is 13.9. The maximum Gasteiger partial charge on any atom is 0.154 e. The first-order chi connectivity index (χ1) is 13.1. The Hall–Kier alpha value is -4.05. The molecule has 3 heterocycles. The first kappa shape index (κ1) is 16.4. The Bertz CT molecular complexity index is 1240. The molecule has 7 heteroatoms. The Morgan fingerprint density at radius 1 is 1.07 bits per heavy atom. The van der Waals surface area contributed by atoms with Crippen LogP contribution in [-0.2, 0) is 0 Å². The summed E-state index contributed by atoms with van der Waals surface area (Å²) in [6, 6.07) is 11.3. The van der Waals surface area contributed by atoms with Crippen LogP contribution in [0.5, 0.6) is 0 Å². The molecule has 0 saturated heterocycles. The van der Waals surface area contributed by atoms with Crippen molar-refractivity contribution in [2.24, 2.45) is 0 Å². The van der Waals surface area contributed by atoms with E-state index in [0.29, 0.717) is 34.7 Å². The van der Waals surface area contributed by atoms with E-state index in [-0.39, 0.29) is 5.56 Å². The molecular formula is C20H12FN5O. The predicted octanol–water partition coefficient (Wildman–Crippen LogP) is 2.72. The van der Waals surface area contributed by atoms with Gasteiger partial charge in [0.15, 0.2) is 11.9 Å². The van der Waals surface area contributed by atoms with E-state index in [4.69, 9.17) is 5.73 Å². The van der Waals surface area contributed by atoms with Gasteiger partial charge in [-0.2, -0.15) is 5.10 Å². The summed E-state index contributed by atoms with van der Waals surface area (Å²) in [5.41, 5.74) is 8.66. The molecule has 6 nitrogen and oxygen atoms in total. The third-order valence-corrected chi connectivity index (χ3v) is 3.90. The molecule has 2 N–H and O–H groups in total. The van der Waals surface area contributed by atoms with Crippen molar-refractivity contribution < 1.29 is 9.18 Å². The van der Waals surface area contributed by atoms with E-state index in [1.54, 1.807) is 47.2 Å². The highest BCUT2D eigenvalue weighted by atomic mass is 19.1. The number of pyridine rings is 1. The van der Waals surface area contributed by atoms with Crippen LogP contribution in [0, 0.1) is 17.7 Å². The zero-order chi connectivity index (χ0) is 18.8. The van der Waals surface area contributed by atoms with Gasteiger partial charge in [0.25, 0.3) is 0 Å². The molecule has 0 fully saturated rings. The van der Waals surface area contributed by atoms with Crippen LogP contribution >= 0.6 is 0 Å². The SMILES string of the molecule is Nc1cc(C#Cc2cnc3ccc(-c4ccc(C=O)c(F)c4)nn23)ccn1. The topological polar surface area (TPSA) is 86.2 Å². The standard InChI is InChI=1S/C20H12FN5O/c21-17-10-14(2-3-15(17)12-27)18-5-6-20-24-11-16(26(20)25-18)4-1-13-7-8-23-19(22)9-13/h2-3,5-12H,(H2,22,23). The third kappa shape index (κ3) is 3.24. The number of carbonyl (C=O) groups is 1. The van der Waals surface area contributed by atoms with E-state index in [2.05, 4.69) is 26.9 Å². The summed E-state index contributed by atoms with van der Waals surface area (Å²) < 4.78 is 15.5. The van der Waals surface area contributed by atoms with Crippen LogP contribution in [0.4, 0.5) is 10.2 Å². The number of anilines is 1. The number of nitrogens with zero attached hydrogens (tertiary/aromatic N) is 4. The molecule has 0 amide bonds. The van der Waals surface area contributed by atoms with Gasteiger partial charge in [-0.1, -0.05) is 12.0 Å². The summed E-state index contributed by atoms with van der Waals surface area (Å²) in [5.74, 6) is 5.80. The van der Waals surface area contributed by atoms with Crippen molar-refractivity contribution in [3.8, 4) is 23.1 Å². The van der Waals surface area contributed by atoms with Crippen molar-refractivity contribution in [2.45, 2.75) is 0 Å². The Labute approximate surface area is 153 Å². The van der Waals surface area contributed by atoms with Crippen LogP contribution < -0.4 is 5.73 Å². The van der Waals surface area contributed by atoms with E-state index in [1.807, 2.05) is 0 Å². The molecule has 0 unspecified atom stereocenters. The van der Waals surface area contributed by atoms with Gasteiger partial charge in [-0.15, -0.1) is 0 Å². The van der Waals surface area contributed by atoms with Gasteiger partial charge in [-0.3, -0.25) is 4.79 Å². The molecule has 0 aliphatic heterocycles. The Balaban J connectivity index is 1.76. The molecule has 0 aliphatic rings. The van der Waals surface area contributed by atoms with Gasteiger partial charge in [-0.25, -0.2) is 18.9 Å². The number of hydrogen-bond donors (Lipinski definition) is 1. The highest BCUT2D eigenvalue weighted by Gasteiger charge is 2.08. The maximum atomic E-state index is 13.9.